The summed E-state index contributed by atoms with van der Waals surface area (Å²) in [5.74, 6) is 2.08. The van der Waals surface area contributed by atoms with E-state index in [0.29, 0.717) is 6.07 Å². The highest BCUT2D eigenvalue weighted by molar-refractivity contribution is 7.92. The first-order valence-corrected chi connectivity index (χ1v) is 11.0. The van der Waals surface area contributed by atoms with E-state index in [1.807, 2.05) is 4.72 Å². The highest BCUT2D eigenvalue weighted by atomic mass is 32.2. The Morgan fingerprint density at radius 3 is 2.63 bits per heavy atom. The third-order valence-corrected chi connectivity index (χ3v) is 6.04. The number of halogens is 4. The molecule has 0 spiro atoms. The largest absolute Gasteiger partial charge is 0.480 e. The molecule has 0 saturated carbocycles. The summed E-state index contributed by atoms with van der Waals surface area (Å²) in [6, 6.07) is 2.26. The topological polar surface area (TPSA) is 124 Å². The van der Waals surface area contributed by atoms with Crippen LogP contribution in [-0.4, -0.2) is 34.9 Å². The van der Waals surface area contributed by atoms with Gasteiger partial charge in [-0.25, -0.2) is 40.9 Å². The van der Waals surface area contributed by atoms with E-state index < -0.39 is 55.7 Å². The maximum absolute atomic E-state index is 15.1. The Kier molecular flexibility index (Phi) is 6.18. The molecular formula is C21H14F4N6O3S. The van der Waals surface area contributed by atoms with Crippen LogP contribution in [0, 0.1) is 23.5 Å². The number of benzene rings is 1. The van der Waals surface area contributed by atoms with Crippen LogP contribution in [0.25, 0.3) is 5.65 Å². The number of nitrogens with one attached hydrogen (secondary N) is 1. The zero-order chi connectivity index (χ0) is 25.3. The average molecular weight is 506 g/mol. The molecular weight excluding hydrogens is 492 g/mol. The first kappa shape index (κ1) is 23.8. The molecule has 0 unspecified atom stereocenters. The first-order valence-electron chi connectivity index (χ1n) is 9.55. The van der Waals surface area contributed by atoms with Gasteiger partial charge in [0.2, 0.25) is 5.88 Å². The van der Waals surface area contributed by atoms with Crippen LogP contribution >= 0.6 is 0 Å². The van der Waals surface area contributed by atoms with E-state index in [9.17, 15) is 21.6 Å². The molecule has 3 N–H and O–H groups in total. The lowest BCUT2D eigenvalue weighted by molar-refractivity contribution is 0.150. The fourth-order valence-corrected chi connectivity index (χ4v) is 4.23. The molecule has 0 aliphatic rings. The van der Waals surface area contributed by atoms with Gasteiger partial charge in [-0.05, 0) is 24.1 Å². The molecule has 35 heavy (non-hydrogen) atoms. The highest BCUT2D eigenvalue weighted by Gasteiger charge is 2.25. The first-order chi connectivity index (χ1) is 16.6. The number of methoxy groups -OCH3 is 1. The summed E-state index contributed by atoms with van der Waals surface area (Å²) in [6.07, 6.45) is 1.95. The quantitative estimate of drug-likeness (QED) is 0.315. The zero-order valence-electron chi connectivity index (χ0n) is 17.6. The lowest BCUT2D eigenvalue weighted by Crippen LogP contribution is -2.16. The molecule has 0 radical (unpaired) electrons. The van der Waals surface area contributed by atoms with Gasteiger partial charge >= 0.3 is 0 Å². The summed E-state index contributed by atoms with van der Waals surface area (Å²) < 4.78 is 89.4. The monoisotopic (exact) mass is 506 g/mol. The van der Waals surface area contributed by atoms with Crippen LogP contribution in [0.3, 0.4) is 0 Å². The number of pyridine rings is 1. The van der Waals surface area contributed by atoms with Gasteiger partial charge in [-0.2, -0.15) is 0 Å². The van der Waals surface area contributed by atoms with Crippen LogP contribution in [0.4, 0.5) is 29.1 Å². The Labute approximate surface area is 195 Å². The second-order valence-electron chi connectivity index (χ2n) is 6.87. The number of hydrogen-bond acceptors (Lipinski definition) is 7. The van der Waals surface area contributed by atoms with Crippen LogP contribution in [-0.2, 0) is 10.0 Å². The molecule has 1 aromatic carbocycles. The number of nitrogen functional groups attached to an aromatic ring is 1. The Morgan fingerprint density at radius 1 is 1.14 bits per heavy atom. The fraction of sp³-hybridized carbons (Fsp3) is 0.0952. The van der Waals surface area contributed by atoms with Crippen LogP contribution in [0.5, 0.6) is 5.88 Å². The van der Waals surface area contributed by atoms with Gasteiger partial charge in [0, 0.05) is 24.2 Å². The fourth-order valence-electron chi connectivity index (χ4n) is 3.01. The van der Waals surface area contributed by atoms with E-state index in [1.165, 1.54) is 23.0 Å². The Morgan fingerprint density at radius 2 is 1.91 bits per heavy atom. The van der Waals surface area contributed by atoms with Crippen molar-refractivity contribution in [3.8, 4) is 17.7 Å². The molecule has 0 amide bonds. The predicted octanol–water partition coefficient (Wildman–Crippen LogP) is 3.13. The Hall–Kier alpha value is -4.38. The van der Waals surface area contributed by atoms with Crippen molar-refractivity contribution in [2.24, 2.45) is 0 Å². The summed E-state index contributed by atoms with van der Waals surface area (Å²) in [6.45, 7) is 0. The van der Waals surface area contributed by atoms with Crippen LogP contribution in [0.1, 0.15) is 23.2 Å². The number of nitrogens with two attached hydrogens (primary N) is 1. The minimum atomic E-state index is -4.68. The molecule has 4 rings (SSSR count). The average Bonchev–Trinajstić information content (AvgIpc) is 3.33. The zero-order valence-corrected chi connectivity index (χ0v) is 18.4. The number of hydrogen-bond donors (Lipinski definition) is 2. The summed E-state index contributed by atoms with van der Waals surface area (Å²) in [4.78, 5) is 10.7. The van der Waals surface area contributed by atoms with E-state index in [0.717, 1.165) is 25.4 Å². The number of sulfonamides is 1. The minimum Gasteiger partial charge on any atom is -0.480 e. The predicted molar refractivity (Wildman–Crippen MR) is 116 cm³/mol. The molecule has 180 valence electrons. The smallest absolute Gasteiger partial charge is 0.267 e. The number of rotatable bonds is 5. The molecule has 3 heterocycles. The molecule has 0 atom stereocenters. The Balaban J connectivity index is 1.74. The standard InChI is InChI=1S/C21H14F4N6O3S/c1-34-21-16(8-11(9-29-21)18(24)25)35(32,33)30-15-5-4-14(22)13(17(15)23)3-2-12-10-28-19(26)20-27-6-7-31(12)20/h4-10,18,30H,1H3,(H2,26,28). The Bertz CT molecular complexity index is 1610. The van der Waals surface area contributed by atoms with Crippen molar-refractivity contribution in [2.75, 3.05) is 17.6 Å². The second kappa shape index (κ2) is 9.11. The third-order valence-electron chi connectivity index (χ3n) is 4.68. The van der Waals surface area contributed by atoms with Crippen molar-refractivity contribution in [3.63, 3.8) is 0 Å². The number of aromatic nitrogens is 4. The number of nitrogens with zero attached hydrogens (tertiary/aromatic N) is 4. The van der Waals surface area contributed by atoms with Gasteiger partial charge < -0.3 is 10.5 Å². The van der Waals surface area contributed by atoms with E-state index in [1.54, 1.807) is 0 Å². The van der Waals surface area contributed by atoms with Gasteiger partial charge in [-0.3, -0.25) is 9.12 Å². The molecule has 0 fully saturated rings. The van der Waals surface area contributed by atoms with Crippen molar-refractivity contribution >= 4 is 27.2 Å². The molecule has 0 aliphatic heterocycles. The second-order valence-corrected chi connectivity index (χ2v) is 8.52. The number of alkyl halides is 2. The van der Waals surface area contributed by atoms with Crippen LogP contribution in [0.2, 0.25) is 0 Å². The summed E-state index contributed by atoms with van der Waals surface area (Å²) in [7, 11) is -3.59. The van der Waals surface area contributed by atoms with Gasteiger partial charge in [0.05, 0.1) is 24.6 Å². The number of anilines is 2. The van der Waals surface area contributed by atoms with E-state index in [4.69, 9.17) is 10.5 Å². The van der Waals surface area contributed by atoms with E-state index in [-0.39, 0.29) is 17.2 Å². The van der Waals surface area contributed by atoms with Crippen molar-refractivity contribution in [3.05, 3.63) is 71.4 Å². The van der Waals surface area contributed by atoms with Crippen LogP contribution in [0.15, 0.2) is 47.9 Å². The van der Waals surface area contributed by atoms with Gasteiger partial charge in [-0.1, -0.05) is 5.92 Å². The van der Waals surface area contributed by atoms with Gasteiger partial charge in [0.15, 0.2) is 17.3 Å². The van der Waals surface area contributed by atoms with Crippen molar-refractivity contribution in [1.82, 2.24) is 19.4 Å². The highest BCUT2D eigenvalue weighted by Crippen LogP contribution is 2.30. The van der Waals surface area contributed by atoms with Gasteiger partial charge in [0.1, 0.15) is 16.4 Å². The van der Waals surface area contributed by atoms with Gasteiger partial charge in [0.25, 0.3) is 16.4 Å². The lowest BCUT2D eigenvalue weighted by atomic mass is 10.1. The lowest BCUT2D eigenvalue weighted by Gasteiger charge is -2.13. The normalized spacial score (nSPS) is 11.4. The number of imidazole rings is 1. The summed E-state index contributed by atoms with van der Waals surface area (Å²) >= 11 is 0. The molecule has 4 aromatic rings. The molecule has 0 aliphatic carbocycles. The van der Waals surface area contributed by atoms with Crippen molar-refractivity contribution in [2.45, 2.75) is 11.3 Å². The maximum atomic E-state index is 15.1. The molecule has 14 heteroatoms. The third kappa shape index (κ3) is 4.53. The number of ether oxygens (including phenoxy) is 1. The number of fused-ring (bicyclic) bond motifs is 1. The molecule has 9 nitrogen and oxygen atoms in total. The SMILES string of the molecule is COc1ncc(C(F)F)cc1S(=O)(=O)Nc1ccc(F)c(C#Cc2cnc(N)c3nccn23)c1F. The van der Waals surface area contributed by atoms with Crippen LogP contribution < -0.4 is 15.2 Å². The molecule has 3 aromatic heterocycles. The van der Waals surface area contributed by atoms with E-state index >= 15 is 4.39 Å². The molecule has 0 bridgehead atoms. The summed E-state index contributed by atoms with van der Waals surface area (Å²) in [5, 5.41) is 0. The van der Waals surface area contributed by atoms with Crippen molar-refractivity contribution < 1.29 is 30.7 Å². The van der Waals surface area contributed by atoms with Crippen molar-refractivity contribution in [1.29, 1.82) is 0 Å². The maximum Gasteiger partial charge on any atom is 0.267 e. The van der Waals surface area contributed by atoms with E-state index in [2.05, 4.69) is 26.8 Å². The molecule has 0 saturated heterocycles. The van der Waals surface area contributed by atoms with Gasteiger partial charge in [-0.15, -0.1) is 0 Å². The summed E-state index contributed by atoms with van der Waals surface area (Å²) in [5.41, 5.74) is 4.09. The minimum absolute atomic E-state index is 0.121.